The number of nitrogen functional groups attached to an aromatic ring is 1. The highest BCUT2D eigenvalue weighted by atomic mass is 16.4. The maximum Gasteiger partial charge on any atom is 0.335 e. The SMILES string of the molecule is Nc1ccc(Cc2ccc(C(=O)O)cc2)cc1O. The van der Waals surface area contributed by atoms with Crippen LogP contribution in [0.2, 0.25) is 0 Å². The van der Waals surface area contributed by atoms with E-state index in [-0.39, 0.29) is 11.3 Å². The fourth-order valence-electron chi connectivity index (χ4n) is 1.70. The molecule has 0 saturated heterocycles. The molecule has 0 spiro atoms. The second kappa shape index (κ2) is 4.79. The van der Waals surface area contributed by atoms with E-state index in [0.29, 0.717) is 12.1 Å². The van der Waals surface area contributed by atoms with Gasteiger partial charge in [0.25, 0.3) is 0 Å². The molecule has 0 heterocycles. The number of benzene rings is 2. The van der Waals surface area contributed by atoms with Gasteiger partial charge in [-0.2, -0.15) is 0 Å². The smallest absolute Gasteiger partial charge is 0.335 e. The van der Waals surface area contributed by atoms with Crippen molar-refractivity contribution in [1.29, 1.82) is 0 Å². The number of phenols is 1. The first-order valence-electron chi connectivity index (χ1n) is 5.46. The fourth-order valence-corrected chi connectivity index (χ4v) is 1.70. The molecule has 0 bridgehead atoms. The van der Waals surface area contributed by atoms with E-state index >= 15 is 0 Å². The maximum absolute atomic E-state index is 10.7. The number of phenolic OH excluding ortho intramolecular Hbond substituents is 1. The highest BCUT2D eigenvalue weighted by molar-refractivity contribution is 5.87. The molecule has 0 aliphatic heterocycles. The maximum atomic E-state index is 10.7. The van der Waals surface area contributed by atoms with Crippen LogP contribution >= 0.6 is 0 Å². The van der Waals surface area contributed by atoms with Crippen LogP contribution in [0.5, 0.6) is 5.75 Å². The minimum absolute atomic E-state index is 0.0645. The topological polar surface area (TPSA) is 83.6 Å². The molecule has 0 aliphatic carbocycles. The molecule has 0 amide bonds. The zero-order valence-corrected chi connectivity index (χ0v) is 9.63. The molecule has 2 aromatic rings. The number of hydrogen-bond acceptors (Lipinski definition) is 3. The Kier molecular flexibility index (Phi) is 3.19. The first-order valence-corrected chi connectivity index (χ1v) is 5.46. The number of nitrogens with two attached hydrogens (primary N) is 1. The van der Waals surface area contributed by atoms with Gasteiger partial charge in [0.1, 0.15) is 5.75 Å². The Hall–Kier alpha value is -2.49. The van der Waals surface area contributed by atoms with Crippen molar-refractivity contribution in [2.45, 2.75) is 6.42 Å². The Morgan fingerprint density at radius 1 is 1.06 bits per heavy atom. The molecule has 0 atom stereocenters. The number of anilines is 1. The molecule has 4 N–H and O–H groups in total. The third-order valence-electron chi connectivity index (χ3n) is 2.70. The predicted molar refractivity (Wildman–Crippen MR) is 68.7 cm³/mol. The van der Waals surface area contributed by atoms with Crippen LogP contribution in [0.3, 0.4) is 0 Å². The van der Waals surface area contributed by atoms with Crippen molar-refractivity contribution in [3.63, 3.8) is 0 Å². The summed E-state index contributed by atoms with van der Waals surface area (Å²) >= 11 is 0. The third kappa shape index (κ3) is 2.60. The van der Waals surface area contributed by atoms with Crippen molar-refractivity contribution in [2.75, 3.05) is 5.73 Å². The summed E-state index contributed by atoms with van der Waals surface area (Å²) in [6.07, 6.45) is 0.619. The molecular formula is C14H13NO3. The molecule has 0 aliphatic rings. The van der Waals surface area contributed by atoms with Gasteiger partial charge in [0.15, 0.2) is 0 Å². The number of carboxylic acid groups (broad SMARTS) is 1. The van der Waals surface area contributed by atoms with E-state index in [2.05, 4.69) is 0 Å². The van der Waals surface area contributed by atoms with E-state index in [1.807, 2.05) is 6.07 Å². The Labute approximate surface area is 104 Å². The predicted octanol–water partition coefficient (Wildman–Crippen LogP) is 2.26. The summed E-state index contributed by atoms with van der Waals surface area (Å²) < 4.78 is 0. The van der Waals surface area contributed by atoms with E-state index < -0.39 is 5.97 Å². The first kappa shape index (κ1) is 12.0. The van der Waals surface area contributed by atoms with Gasteiger partial charge in [0.2, 0.25) is 0 Å². The zero-order valence-electron chi connectivity index (χ0n) is 9.63. The van der Waals surface area contributed by atoms with Crippen LogP contribution in [0.1, 0.15) is 21.5 Å². The van der Waals surface area contributed by atoms with Crippen molar-refractivity contribution in [3.05, 3.63) is 59.2 Å². The molecule has 18 heavy (non-hydrogen) atoms. The van der Waals surface area contributed by atoms with Gasteiger partial charge in [0.05, 0.1) is 11.3 Å². The quantitative estimate of drug-likeness (QED) is 0.570. The molecule has 2 rings (SSSR count). The summed E-state index contributed by atoms with van der Waals surface area (Å²) in [5.41, 5.74) is 8.03. The lowest BCUT2D eigenvalue weighted by Gasteiger charge is -2.05. The minimum atomic E-state index is -0.938. The molecular weight excluding hydrogens is 230 g/mol. The van der Waals surface area contributed by atoms with Gasteiger partial charge in [0, 0.05) is 0 Å². The van der Waals surface area contributed by atoms with E-state index in [1.165, 1.54) is 0 Å². The van der Waals surface area contributed by atoms with Gasteiger partial charge in [-0.05, 0) is 41.8 Å². The summed E-state index contributed by atoms with van der Waals surface area (Å²) in [6, 6.07) is 11.7. The van der Waals surface area contributed by atoms with Gasteiger partial charge in [-0.3, -0.25) is 0 Å². The molecule has 0 radical (unpaired) electrons. The molecule has 4 heteroatoms. The van der Waals surface area contributed by atoms with Gasteiger partial charge in [-0.25, -0.2) is 4.79 Å². The molecule has 4 nitrogen and oxygen atoms in total. The number of aromatic hydroxyl groups is 1. The van der Waals surface area contributed by atoms with Crippen LogP contribution < -0.4 is 5.73 Å². The van der Waals surface area contributed by atoms with Crippen molar-refractivity contribution in [1.82, 2.24) is 0 Å². The lowest BCUT2D eigenvalue weighted by atomic mass is 10.0. The fraction of sp³-hybridized carbons (Fsp3) is 0.0714. The molecule has 0 aromatic heterocycles. The lowest BCUT2D eigenvalue weighted by Crippen LogP contribution is -1.96. The Balaban J connectivity index is 2.18. The monoisotopic (exact) mass is 243 g/mol. The molecule has 2 aromatic carbocycles. The number of aromatic carboxylic acids is 1. The summed E-state index contributed by atoms with van der Waals surface area (Å²) in [4.78, 5) is 10.7. The van der Waals surface area contributed by atoms with Crippen LogP contribution in [0.4, 0.5) is 5.69 Å². The summed E-state index contributed by atoms with van der Waals surface area (Å²) in [5.74, 6) is -0.874. The van der Waals surface area contributed by atoms with Crippen molar-refractivity contribution >= 4 is 11.7 Å². The zero-order chi connectivity index (χ0) is 13.1. The van der Waals surface area contributed by atoms with Crippen molar-refractivity contribution in [2.24, 2.45) is 0 Å². The average molecular weight is 243 g/mol. The van der Waals surface area contributed by atoms with Crippen LogP contribution in [0, 0.1) is 0 Å². The summed E-state index contributed by atoms with van der Waals surface area (Å²) in [5, 5.41) is 18.3. The second-order valence-electron chi connectivity index (χ2n) is 4.07. The standard InChI is InChI=1S/C14H13NO3/c15-12-6-3-10(8-13(12)16)7-9-1-4-11(5-2-9)14(17)18/h1-6,8,16H,7,15H2,(H,17,18). The van der Waals surface area contributed by atoms with Crippen LogP contribution in [-0.2, 0) is 6.42 Å². The molecule has 0 saturated carbocycles. The number of carbonyl (C=O) groups is 1. The number of carboxylic acids is 1. The highest BCUT2D eigenvalue weighted by Gasteiger charge is 2.03. The van der Waals surface area contributed by atoms with E-state index in [4.69, 9.17) is 10.8 Å². The first-order chi connectivity index (χ1) is 8.56. The highest BCUT2D eigenvalue weighted by Crippen LogP contribution is 2.22. The van der Waals surface area contributed by atoms with Crippen molar-refractivity contribution < 1.29 is 15.0 Å². The normalized spacial score (nSPS) is 10.2. The molecule has 92 valence electrons. The Morgan fingerprint density at radius 3 is 2.22 bits per heavy atom. The largest absolute Gasteiger partial charge is 0.506 e. The lowest BCUT2D eigenvalue weighted by molar-refractivity contribution is 0.0697. The Morgan fingerprint density at radius 2 is 1.67 bits per heavy atom. The van der Waals surface area contributed by atoms with Crippen LogP contribution in [0.25, 0.3) is 0 Å². The minimum Gasteiger partial charge on any atom is -0.506 e. The number of rotatable bonds is 3. The van der Waals surface area contributed by atoms with Gasteiger partial charge >= 0.3 is 5.97 Å². The number of hydrogen-bond donors (Lipinski definition) is 3. The van der Waals surface area contributed by atoms with E-state index in [9.17, 15) is 9.90 Å². The Bertz CT molecular complexity index is 576. The van der Waals surface area contributed by atoms with Gasteiger partial charge in [-0.1, -0.05) is 18.2 Å². The second-order valence-corrected chi connectivity index (χ2v) is 4.07. The van der Waals surface area contributed by atoms with E-state index in [1.54, 1.807) is 36.4 Å². The van der Waals surface area contributed by atoms with Crippen LogP contribution in [0.15, 0.2) is 42.5 Å². The molecule has 0 fully saturated rings. The summed E-state index contributed by atoms with van der Waals surface area (Å²) in [6.45, 7) is 0. The average Bonchev–Trinajstić information content (AvgIpc) is 2.34. The van der Waals surface area contributed by atoms with Crippen molar-refractivity contribution in [3.8, 4) is 5.75 Å². The van der Waals surface area contributed by atoms with E-state index in [0.717, 1.165) is 11.1 Å². The van der Waals surface area contributed by atoms with Gasteiger partial charge in [-0.15, -0.1) is 0 Å². The molecule has 0 unspecified atom stereocenters. The summed E-state index contributed by atoms with van der Waals surface area (Å²) in [7, 11) is 0. The third-order valence-corrected chi connectivity index (χ3v) is 2.70. The van der Waals surface area contributed by atoms with Gasteiger partial charge < -0.3 is 15.9 Å². The van der Waals surface area contributed by atoms with Crippen LogP contribution in [-0.4, -0.2) is 16.2 Å².